The van der Waals surface area contributed by atoms with Crippen LogP contribution in [0.3, 0.4) is 0 Å². The van der Waals surface area contributed by atoms with E-state index in [1.54, 1.807) is 12.1 Å². The van der Waals surface area contributed by atoms with Gasteiger partial charge in [-0.25, -0.2) is 14.6 Å². The second kappa shape index (κ2) is 9.16. The first-order valence-electron chi connectivity index (χ1n) is 8.93. The Balaban J connectivity index is 1.78. The molecular weight excluding hydrogens is 378 g/mol. The molecular formula is C20H21N3O6. The molecule has 1 aromatic heterocycles. The van der Waals surface area contributed by atoms with Crippen molar-refractivity contribution in [1.82, 2.24) is 4.98 Å². The minimum atomic E-state index is -0.636. The Labute approximate surface area is 167 Å². The van der Waals surface area contributed by atoms with Gasteiger partial charge in [0.25, 0.3) is 5.91 Å². The molecule has 1 amide bonds. The van der Waals surface area contributed by atoms with E-state index in [4.69, 9.17) is 14.2 Å². The predicted molar refractivity (Wildman–Crippen MR) is 104 cm³/mol. The number of ether oxygens (including phenoxy) is 3. The summed E-state index contributed by atoms with van der Waals surface area (Å²) in [6.07, 6.45) is 1.48. The topological polar surface area (TPSA) is 107 Å². The molecule has 0 aliphatic carbocycles. The highest BCUT2D eigenvalue weighted by Gasteiger charge is 2.17. The summed E-state index contributed by atoms with van der Waals surface area (Å²) in [5.41, 5.74) is 0.832. The summed E-state index contributed by atoms with van der Waals surface area (Å²) in [4.78, 5) is 42.7. The van der Waals surface area contributed by atoms with Gasteiger partial charge < -0.3 is 24.4 Å². The highest BCUT2D eigenvalue weighted by Crippen LogP contribution is 2.19. The van der Waals surface area contributed by atoms with Gasteiger partial charge in [0, 0.05) is 25.0 Å². The first-order valence-corrected chi connectivity index (χ1v) is 8.93. The average Bonchev–Trinajstić information content (AvgIpc) is 2.78. The SMILES string of the molecule is COC(=O)c1cc(NC(=O)c2ccc(N3CCOCC3)nc2)cc(C(=O)OC)c1. The zero-order chi connectivity index (χ0) is 20.8. The Hall–Kier alpha value is -3.46. The second-order valence-electron chi connectivity index (χ2n) is 6.24. The Bertz CT molecular complexity index is 873. The molecule has 1 aliphatic heterocycles. The van der Waals surface area contributed by atoms with Crippen LogP contribution in [-0.4, -0.2) is 63.4 Å². The Morgan fingerprint density at radius 3 is 2.10 bits per heavy atom. The number of methoxy groups -OCH3 is 2. The van der Waals surface area contributed by atoms with Crippen LogP contribution >= 0.6 is 0 Å². The number of hydrogen-bond acceptors (Lipinski definition) is 8. The number of aromatic nitrogens is 1. The molecule has 1 saturated heterocycles. The molecule has 2 heterocycles. The van der Waals surface area contributed by atoms with Crippen molar-refractivity contribution in [2.45, 2.75) is 0 Å². The quantitative estimate of drug-likeness (QED) is 0.758. The maximum atomic E-state index is 12.6. The van der Waals surface area contributed by atoms with E-state index in [1.807, 2.05) is 0 Å². The number of morpholine rings is 1. The van der Waals surface area contributed by atoms with Gasteiger partial charge in [-0.3, -0.25) is 4.79 Å². The first kappa shape index (κ1) is 20.3. The van der Waals surface area contributed by atoms with Gasteiger partial charge in [0.2, 0.25) is 0 Å². The van der Waals surface area contributed by atoms with Crippen LogP contribution < -0.4 is 10.2 Å². The molecule has 1 aromatic carbocycles. The van der Waals surface area contributed by atoms with Crippen LogP contribution in [0.5, 0.6) is 0 Å². The van der Waals surface area contributed by atoms with Crippen molar-refractivity contribution in [3.05, 3.63) is 53.2 Å². The third-order valence-electron chi connectivity index (χ3n) is 4.38. The summed E-state index contributed by atoms with van der Waals surface area (Å²) in [5, 5.41) is 2.67. The fraction of sp³-hybridized carbons (Fsp3) is 0.300. The lowest BCUT2D eigenvalue weighted by molar-refractivity contribution is 0.0599. The van der Waals surface area contributed by atoms with Crippen LogP contribution in [0.25, 0.3) is 0 Å². The molecule has 0 bridgehead atoms. The number of pyridine rings is 1. The molecule has 1 fully saturated rings. The molecule has 9 heteroatoms. The molecule has 152 valence electrons. The van der Waals surface area contributed by atoms with Crippen molar-refractivity contribution in [2.75, 3.05) is 50.7 Å². The van der Waals surface area contributed by atoms with E-state index in [0.717, 1.165) is 18.9 Å². The molecule has 2 aromatic rings. The lowest BCUT2D eigenvalue weighted by atomic mass is 10.1. The van der Waals surface area contributed by atoms with Gasteiger partial charge in [-0.1, -0.05) is 0 Å². The zero-order valence-corrected chi connectivity index (χ0v) is 16.1. The summed E-state index contributed by atoms with van der Waals surface area (Å²) in [6.45, 7) is 2.77. The molecule has 0 unspecified atom stereocenters. The van der Waals surface area contributed by atoms with Gasteiger partial charge in [-0.2, -0.15) is 0 Å². The Morgan fingerprint density at radius 2 is 1.59 bits per heavy atom. The maximum Gasteiger partial charge on any atom is 0.337 e. The molecule has 29 heavy (non-hydrogen) atoms. The van der Waals surface area contributed by atoms with E-state index in [2.05, 4.69) is 15.2 Å². The number of esters is 2. The molecule has 3 rings (SSSR count). The molecule has 1 N–H and O–H groups in total. The fourth-order valence-electron chi connectivity index (χ4n) is 2.87. The largest absolute Gasteiger partial charge is 0.465 e. The smallest absolute Gasteiger partial charge is 0.337 e. The van der Waals surface area contributed by atoms with E-state index >= 15 is 0 Å². The third-order valence-corrected chi connectivity index (χ3v) is 4.38. The molecule has 9 nitrogen and oxygen atoms in total. The highest BCUT2D eigenvalue weighted by molar-refractivity contribution is 6.06. The van der Waals surface area contributed by atoms with Gasteiger partial charge in [0.05, 0.1) is 44.1 Å². The summed E-state index contributed by atoms with van der Waals surface area (Å²) in [5.74, 6) is -0.931. The van der Waals surface area contributed by atoms with Gasteiger partial charge >= 0.3 is 11.9 Å². The maximum absolute atomic E-state index is 12.6. The van der Waals surface area contributed by atoms with Crippen LogP contribution in [0.4, 0.5) is 11.5 Å². The second-order valence-corrected chi connectivity index (χ2v) is 6.24. The van der Waals surface area contributed by atoms with Crippen molar-refractivity contribution < 1.29 is 28.6 Å². The van der Waals surface area contributed by atoms with Crippen LogP contribution in [0, 0.1) is 0 Å². The number of amides is 1. The van der Waals surface area contributed by atoms with Crippen molar-refractivity contribution in [2.24, 2.45) is 0 Å². The number of anilines is 2. The Kier molecular flexibility index (Phi) is 6.40. The van der Waals surface area contributed by atoms with Crippen LogP contribution in [-0.2, 0) is 14.2 Å². The number of nitrogens with one attached hydrogen (secondary N) is 1. The lowest BCUT2D eigenvalue weighted by Crippen LogP contribution is -2.36. The van der Waals surface area contributed by atoms with Crippen molar-refractivity contribution in [3.8, 4) is 0 Å². The minimum Gasteiger partial charge on any atom is -0.465 e. The monoisotopic (exact) mass is 399 g/mol. The highest BCUT2D eigenvalue weighted by atomic mass is 16.5. The zero-order valence-electron chi connectivity index (χ0n) is 16.1. The van der Waals surface area contributed by atoms with E-state index in [-0.39, 0.29) is 16.8 Å². The lowest BCUT2D eigenvalue weighted by Gasteiger charge is -2.27. The number of rotatable bonds is 5. The number of carbonyl (C=O) groups excluding carboxylic acids is 3. The third kappa shape index (κ3) is 4.88. The summed E-state index contributed by atoms with van der Waals surface area (Å²) >= 11 is 0. The predicted octanol–water partition coefficient (Wildman–Crippen LogP) is 1.74. The van der Waals surface area contributed by atoms with E-state index in [1.165, 1.54) is 38.6 Å². The van der Waals surface area contributed by atoms with E-state index in [0.29, 0.717) is 18.8 Å². The van der Waals surface area contributed by atoms with Gasteiger partial charge in [0.15, 0.2) is 0 Å². The van der Waals surface area contributed by atoms with Crippen LogP contribution in [0.15, 0.2) is 36.5 Å². The number of nitrogens with zero attached hydrogens (tertiary/aromatic N) is 2. The number of carbonyl (C=O) groups is 3. The average molecular weight is 399 g/mol. The van der Waals surface area contributed by atoms with Gasteiger partial charge in [0.1, 0.15) is 5.82 Å². The van der Waals surface area contributed by atoms with E-state index in [9.17, 15) is 14.4 Å². The minimum absolute atomic E-state index is 0.117. The standard InChI is InChI=1S/C20H21N3O6/c1-27-19(25)14-9-15(20(26)28-2)11-16(10-14)22-18(24)13-3-4-17(21-12-13)23-5-7-29-8-6-23/h3-4,9-12H,5-8H2,1-2H3,(H,22,24). The number of hydrogen-bond donors (Lipinski definition) is 1. The normalized spacial score (nSPS) is 13.5. The molecule has 0 saturated carbocycles. The van der Waals surface area contributed by atoms with Crippen molar-refractivity contribution in [1.29, 1.82) is 0 Å². The molecule has 0 atom stereocenters. The van der Waals surface area contributed by atoms with Crippen LogP contribution in [0.2, 0.25) is 0 Å². The van der Waals surface area contributed by atoms with Gasteiger partial charge in [-0.05, 0) is 30.3 Å². The van der Waals surface area contributed by atoms with Crippen molar-refractivity contribution >= 4 is 29.4 Å². The molecule has 0 spiro atoms. The summed E-state index contributed by atoms with van der Waals surface area (Å²) in [6, 6.07) is 7.62. The number of benzene rings is 1. The summed E-state index contributed by atoms with van der Waals surface area (Å²) < 4.78 is 14.7. The van der Waals surface area contributed by atoms with E-state index < -0.39 is 17.8 Å². The molecule has 0 radical (unpaired) electrons. The summed E-state index contributed by atoms with van der Waals surface area (Å²) in [7, 11) is 2.46. The first-order chi connectivity index (χ1) is 14.0. The van der Waals surface area contributed by atoms with Crippen molar-refractivity contribution in [3.63, 3.8) is 0 Å². The van der Waals surface area contributed by atoms with Gasteiger partial charge in [-0.15, -0.1) is 0 Å². The fourth-order valence-corrected chi connectivity index (χ4v) is 2.87. The van der Waals surface area contributed by atoms with Crippen LogP contribution in [0.1, 0.15) is 31.1 Å². The Morgan fingerprint density at radius 1 is 0.966 bits per heavy atom. The molecule has 1 aliphatic rings.